The van der Waals surface area contributed by atoms with Gasteiger partial charge in [0.25, 0.3) is 11.2 Å². The lowest BCUT2D eigenvalue weighted by molar-refractivity contribution is -0.384. The number of aromatic nitrogens is 1. The maximum absolute atomic E-state index is 13.9. The molecule has 3 heterocycles. The second-order valence-electron chi connectivity index (χ2n) is 8.81. The van der Waals surface area contributed by atoms with Crippen LogP contribution in [0.1, 0.15) is 31.0 Å². The Bertz CT molecular complexity index is 1600. The van der Waals surface area contributed by atoms with Gasteiger partial charge < -0.3 is 14.4 Å². The summed E-state index contributed by atoms with van der Waals surface area (Å²) < 4.78 is 12.7. The quantitative estimate of drug-likeness (QED) is 0.271. The molecule has 0 N–H and O–H groups in total. The highest BCUT2D eigenvalue weighted by molar-refractivity contribution is 7.07. The van der Waals surface area contributed by atoms with Crippen LogP contribution < -0.4 is 19.8 Å². The highest BCUT2D eigenvalue weighted by atomic mass is 32.1. The smallest absolute Gasteiger partial charge is 0.338 e. The highest BCUT2D eigenvalue weighted by Gasteiger charge is 2.33. The third kappa shape index (κ3) is 4.77. The van der Waals surface area contributed by atoms with Crippen molar-refractivity contribution in [2.75, 3.05) is 37.8 Å². The monoisotopic (exact) mass is 534 g/mol. The van der Waals surface area contributed by atoms with Gasteiger partial charge in [0, 0.05) is 36.5 Å². The number of benzene rings is 2. The van der Waals surface area contributed by atoms with E-state index in [1.165, 1.54) is 28.0 Å². The van der Waals surface area contributed by atoms with Gasteiger partial charge in [-0.1, -0.05) is 41.7 Å². The minimum Gasteiger partial charge on any atom is -0.463 e. The lowest BCUT2D eigenvalue weighted by Crippen LogP contribution is -2.40. The van der Waals surface area contributed by atoms with Gasteiger partial charge in [-0.2, -0.15) is 0 Å². The minimum atomic E-state index is -0.711. The number of hydrogen-bond acceptors (Lipinski definition) is 9. The van der Waals surface area contributed by atoms with E-state index in [-0.39, 0.29) is 17.9 Å². The lowest BCUT2D eigenvalue weighted by Gasteiger charge is -2.30. The molecule has 2 aliphatic heterocycles. The molecule has 1 aromatic heterocycles. The summed E-state index contributed by atoms with van der Waals surface area (Å²) in [4.78, 5) is 45.1. The van der Waals surface area contributed by atoms with Crippen LogP contribution in [0.15, 0.2) is 69.6 Å². The summed E-state index contributed by atoms with van der Waals surface area (Å²) in [7, 11) is 0. The SMILES string of the molecule is CCOC(=O)C1=C(C)N=c2s/c(=C/c3cc([N+](=O)[O-])ccc3N3CCOCC3)c(=O)n2[C@H]1c1ccccc1. The molecule has 0 unspecified atom stereocenters. The summed E-state index contributed by atoms with van der Waals surface area (Å²) in [6, 6.07) is 13.2. The fraction of sp³-hybridized carbons (Fsp3) is 0.296. The van der Waals surface area contributed by atoms with E-state index in [0.717, 1.165) is 11.3 Å². The van der Waals surface area contributed by atoms with Crippen LogP contribution in [0, 0.1) is 10.1 Å². The van der Waals surface area contributed by atoms with Crippen molar-refractivity contribution in [3.63, 3.8) is 0 Å². The Morgan fingerprint density at radius 2 is 1.97 bits per heavy atom. The molecule has 10 nitrogen and oxygen atoms in total. The molecule has 0 bridgehead atoms. The van der Waals surface area contributed by atoms with E-state index in [0.29, 0.717) is 52.5 Å². The van der Waals surface area contributed by atoms with Crippen molar-refractivity contribution < 1.29 is 19.2 Å². The van der Waals surface area contributed by atoms with Crippen molar-refractivity contribution >= 4 is 34.8 Å². The number of thiazole rings is 1. The van der Waals surface area contributed by atoms with Crippen LogP contribution in [0.4, 0.5) is 11.4 Å². The summed E-state index contributed by atoms with van der Waals surface area (Å²) in [6.07, 6.45) is 1.67. The average molecular weight is 535 g/mol. The molecule has 2 aliphatic rings. The first-order valence-corrected chi connectivity index (χ1v) is 13.1. The molecule has 0 amide bonds. The van der Waals surface area contributed by atoms with Gasteiger partial charge in [0.15, 0.2) is 4.80 Å². The summed E-state index contributed by atoms with van der Waals surface area (Å²) in [5.74, 6) is -0.523. The van der Waals surface area contributed by atoms with E-state index >= 15 is 0 Å². The van der Waals surface area contributed by atoms with E-state index in [1.54, 1.807) is 26.0 Å². The Kier molecular flexibility index (Phi) is 7.21. The van der Waals surface area contributed by atoms with Gasteiger partial charge in [-0.15, -0.1) is 0 Å². The Labute approximate surface area is 221 Å². The molecule has 3 aromatic rings. The van der Waals surface area contributed by atoms with Crippen LogP contribution in [0.2, 0.25) is 0 Å². The second kappa shape index (κ2) is 10.7. The van der Waals surface area contributed by atoms with Crippen molar-refractivity contribution in [2.45, 2.75) is 19.9 Å². The standard InChI is InChI=1S/C27H26N4O6S/c1-3-37-26(33)23-17(2)28-27-30(24(23)18-7-5-4-6-8-18)25(32)22(38-27)16-19-15-20(31(34)35)9-10-21(19)29-11-13-36-14-12-29/h4-10,15-16,24H,3,11-14H2,1-2H3/b22-16+/t24-/m0/s1. The van der Waals surface area contributed by atoms with Crippen molar-refractivity contribution in [1.29, 1.82) is 0 Å². The number of nitro groups is 1. The Morgan fingerprint density at radius 1 is 1.24 bits per heavy atom. The molecule has 5 rings (SSSR count). The van der Waals surface area contributed by atoms with Crippen molar-refractivity contribution in [3.05, 3.63) is 101 Å². The van der Waals surface area contributed by atoms with Gasteiger partial charge in [-0.3, -0.25) is 19.5 Å². The number of anilines is 1. The molecule has 1 saturated heterocycles. The minimum absolute atomic E-state index is 0.0661. The molecule has 0 aliphatic carbocycles. The number of nitro benzene ring substituents is 1. The van der Waals surface area contributed by atoms with Crippen LogP contribution >= 0.6 is 11.3 Å². The number of carbonyl (C=O) groups is 1. The molecular weight excluding hydrogens is 508 g/mol. The number of non-ortho nitro benzene ring substituents is 1. The first kappa shape index (κ1) is 25.6. The summed E-state index contributed by atoms with van der Waals surface area (Å²) >= 11 is 1.18. The fourth-order valence-corrected chi connectivity index (χ4v) is 5.78. The third-order valence-corrected chi connectivity index (χ3v) is 7.48. The molecule has 0 saturated carbocycles. The largest absolute Gasteiger partial charge is 0.463 e. The zero-order chi connectivity index (χ0) is 26.8. The van der Waals surface area contributed by atoms with E-state index in [4.69, 9.17) is 9.47 Å². The number of ether oxygens (including phenoxy) is 2. The van der Waals surface area contributed by atoms with E-state index in [1.807, 2.05) is 30.3 Å². The molecular formula is C27H26N4O6S. The molecule has 38 heavy (non-hydrogen) atoms. The van der Waals surface area contributed by atoms with Crippen molar-refractivity contribution in [1.82, 2.24) is 4.57 Å². The van der Waals surface area contributed by atoms with Crippen LogP contribution in [0.5, 0.6) is 0 Å². The zero-order valence-electron chi connectivity index (χ0n) is 21.0. The number of hydrogen-bond donors (Lipinski definition) is 0. The number of fused-ring (bicyclic) bond motifs is 1. The molecule has 0 radical (unpaired) electrons. The maximum Gasteiger partial charge on any atom is 0.338 e. The van der Waals surface area contributed by atoms with E-state index in [9.17, 15) is 19.7 Å². The van der Waals surface area contributed by atoms with E-state index < -0.39 is 16.9 Å². The molecule has 0 spiro atoms. The van der Waals surface area contributed by atoms with Crippen molar-refractivity contribution in [3.8, 4) is 0 Å². The first-order valence-electron chi connectivity index (χ1n) is 12.2. The number of nitrogens with zero attached hydrogens (tertiary/aromatic N) is 4. The van der Waals surface area contributed by atoms with Gasteiger partial charge in [0.05, 0.1) is 46.6 Å². The Hall–Kier alpha value is -4.09. The van der Waals surface area contributed by atoms with Gasteiger partial charge in [0.1, 0.15) is 0 Å². The second-order valence-corrected chi connectivity index (χ2v) is 9.82. The lowest BCUT2D eigenvalue weighted by atomic mass is 9.96. The molecule has 1 atom stereocenters. The topological polar surface area (TPSA) is 116 Å². The fourth-order valence-electron chi connectivity index (χ4n) is 4.75. The summed E-state index contributed by atoms with van der Waals surface area (Å²) in [6.45, 7) is 6.02. The number of carbonyl (C=O) groups excluding carboxylic acids is 1. The van der Waals surface area contributed by atoms with Gasteiger partial charge >= 0.3 is 5.97 Å². The maximum atomic E-state index is 13.9. The average Bonchev–Trinajstić information content (AvgIpc) is 3.22. The number of rotatable bonds is 6. The van der Waals surface area contributed by atoms with Gasteiger partial charge in [-0.25, -0.2) is 9.79 Å². The number of morpholine rings is 1. The molecule has 2 aromatic carbocycles. The Balaban J connectivity index is 1.71. The molecule has 196 valence electrons. The third-order valence-electron chi connectivity index (χ3n) is 6.49. The Morgan fingerprint density at radius 3 is 2.66 bits per heavy atom. The summed E-state index contributed by atoms with van der Waals surface area (Å²) in [5.41, 5.74) is 2.48. The van der Waals surface area contributed by atoms with Gasteiger partial charge in [0.2, 0.25) is 0 Å². The van der Waals surface area contributed by atoms with Crippen molar-refractivity contribution in [2.24, 2.45) is 4.99 Å². The first-order chi connectivity index (χ1) is 18.4. The zero-order valence-corrected chi connectivity index (χ0v) is 21.8. The van der Waals surface area contributed by atoms with E-state index in [2.05, 4.69) is 9.89 Å². The van der Waals surface area contributed by atoms with Crippen LogP contribution in [-0.2, 0) is 14.3 Å². The predicted molar refractivity (Wildman–Crippen MR) is 143 cm³/mol. The predicted octanol–water partition coefficient (Wildman–Crippen LogP) is 2.54. The van der Waals surface area contributed by atoms with Crippen LogP contribution in [-0.4, -0.2) is 48.4 Å². The molecule has 11 heteroatoms. The number of esters is 1. The normalized spacial score (nSPS) is 17.7. The highest BCUT2D eigenvalue weighted by Crippen LogP contribution is 2.31. The van der Waals surface area contributed by atoms with Crippen LogP contribution in [0.25, 0.3) is 6.08 Å². The number of allylic oxidation sites excluding steroid dienone is 1. The molecule has 1 fully saturated rings. The van der Waals surface area contributed by atoms with Gasteiger partial charge in [-0.05, 0) is 31.6 Å². The summed E-state index contributed by atoms with van der Waals surface area (Å²) in [5, 5.41) is 11.5. The van der Waals surface area contributed by atoms with Crippen LogP contribution in [0.3, 0.4) is 0 Å².